The highest BCUT2D eigenvalue weighted by atomic mass is 35.5. The van der Waals surface area contributed by atoms with Crippen molar-refractivity contribution in [3.05, 3.63) is 0 Å². The lowest BCUT2D eigenvalue weighted by Crippen LogP contribution is -2.45. The van der Waals surface area contributed by atoms with Crippen LogP contribution in [0.5, 0.6) is 0 Å². The van der Waals surface area contributed by atoms with E-state index in [0.717, 1.165) is 19.4 Å². The fourth-order valence-electron chi connectivity index (χ4n) is 1.58. The van der Waals surface area contributed by atoms with E-state index in [1.54, 1.807) is 18.9 Å². The van der Waals surface area contributed by atoms with Crippen molar-refractivity contribution in [1.82, 2.24) is 4.90 Å². The number of ether oxygens (including phenoxy) is 1. The maximum atomic E-state index is 11.5. The number of rotatable bonds is 2. The molecule has 1 aliphatic rings. The van der Waals surface area contributed by atoms with Gasteiger partial charge in [0.1, 0.15) is 5.38 Å². The van der Waals surface area contributed by atoms with Gasteiger partial charge in [-0.15, -0.1) is 11.6 Å². The summed E-state index contributed by atoms with van der Waals surface area (Å²) >= 11 is 5.72. The molecule has 3 nitrogen and oxygen atoms in total. The van der Waals surface area contributed by atoms with Crippen molar-refractivity contribution in [2.45, 2.75) is 31.2 Å². The van der Waals surface area contributed by atoms with Gasteiger partial charge in [0, 0.05) is 20.2 Å². The van der Waals surface area contributed by atoms with Crippen LogP contribution in [0.3, 0.4) is 0 Å². The van der Waals surface area contributed by atoms with E-state index >= 15 is 0 Å². The summed E-state index contributed by atoms with van der Waals surface area (Å²) < 4.78 is 5.21. The molecule has 1 saturated heterocycles. The molecule has 1 aliphatic heterocycles. The van der Waals surface area contributed by atoms with Gasteiger partial charge in [0.05, 0.1) is 6.10 Å². The number of methoxy groups -OCH3 is 1. The van der Waals surface area contributed by atoms with Crippen molar-refractivity contribution in [3.63, 3.8) is 0 Å². The van der Waals surface area contributed by atoms with Gasteiger partial charge in [0.15, 0.2) is 0 Å². The standard InChI is InChI=1S/C9H16ClNO2/c1-7(10)9(12)11-5-3-4-8(6-11)13-2/h7-8H,3-6H2,1-2H3/t7-,8-/m0/s1. The van der Waals surface area contributed by atoms with E-state index in [-0.39, 0.29) is 12.0 Å². The van der Waals surface area contributed by atoms with Crippen LogP contribution in [0, 0.1) is 0 Å². The molecule has 76 valence electrons. The number of carbonyl (C=O) groups is 1. The Bertz CT molecular complexity index is 184. The maximum absolute atomic E-state index is 11.5. The Kier molecular flexibility index (Phi) is 4.00. The van der Waals surface area contributed by atoms with Crippen molar-refractivity contribution >= 4 is 17.5 Å². The summed E-state index contributed by atoms with van der Waals surface area (Å²) in [6.45, 7) is 3.21. The Balaban J connectivity index is 2.46. The third-order valence-corrected chi connectivity index (χ3v) is 2.55. The lowest BCUT2D eigenvalue weighted by Gasteiger charge is -2.32. The van der Waals surface area contributed by atoms with Crippen LogP contribution >= 0.6 is 11.6 Å². The highest BCUT2D eigenvalue weighted by molar-refractivity contribution is 6.30. The zero-order valence-electron chi connectivity index (χ0n) is 8.12. The summed E-state index contributed by atoms with van der Waals surface area (Å²) in [4.78, 5) is 13.3. The second-order valence-corrected chi connectivity index (χ2v) is 4.05. The van der Waals surface area contributed by atoms with Gasteiger partial charge in [-0.3, -0.25) is 4.79 Å². The van der Waals surface area contributed by atoms with E-state index in [1.807, 2.05) is 0 Å². The summed E-state index contributed by atoms with van der Waals surface area (Å²) in [5.74, 6) is 0.0171. The Hall–Kier alpha value is -0.280. The minimum atomic E-state index is -0.421. The number of nitrogens with zero attached hydrogens (tertiary/aromatic N) is 1. The predicted molar refractivity (Wildman–Crippen MR) is 51.9 cm³/mol. The molecule has 0 aromatic carbocycles. The normalized spacial score (nSPS) is 25.8. The first-order chi connectivity index (χ1) is 6.15. The largest absolute Gasteiger partial charge is 0.380 e. The molecule has 13 heavy (non-hydrogen) atoms. The number of alkyl halides is 1. The molecular weight excluding hydrogens is 190 g/mol. The van der Waals surface area contributed by atoms with Gasteiger partial charge < -0.3 is 9.64 Å². The average molecular weight is 206 g/mol. The molecule has 0 radical (unpaired) electrons. The molecule has 0 N–H and O–H groups in total. The van der Waals surface area contributed by atoms with Crippen molar-refractivity contribution in [2.75, 3.05) is 20.2 Å². The first-order valence-corrected chi connectivity index (χ1v) is 5.04. The summed E-state index contributed by atoms with van der Waals surface area (Å²) in [6, 6.07) is 0. The lowest BCUT2D eigenvalue weighted by atomic mass is 10.1. The molecule has 1 amide bonds. The Labute approximate surface area is 84.0 Å². The lowest BCUT2D eigenvalue weighted by molar-refractivity contribution is -0.134. The molecule has 1 rings (SSSR count). The van der Waals surface area contributed by atoms with E-state index in [0.29, 0.717) is 6.54 Å². The average Bonchev–Trinajstić information content (AvgIpc) is 2.16. The monoisotopic (exact) mass is 205 g/mol. The molecule has 0 unspecified atom stereocenters. The maximum Gasteiger partial charge on any atom is 0.240 e. The molecule has 0 aromatic rings. The number of amides is 1. The van der Waals surface area contributed by atoms with Crippen molar-refractivity contribution < 1.29 is 9.53 Å². The molecule has 4 heteroatoms. The summed E-state index contributed by atoms with van der Waals surface area (Å²) in [5, 5.41) is -0.421. The van der Waals surface area contributed by atoms with Crippen LogP contribution in [-0.4, -0.2) is 42.5 Å². The Morgan fingerprint density at radius 2 is 2.38 bits per heavy atom. The summed E-state index contributed by atoms with van der Waals surface area (Å²) in [7, 11) is 1.68. The summed E-state index contributed by atoms with van der Waals surface area (Å²) in [6.07, 6.45) is 2.23. The SMILES string of the molecule is CO[C@H]1CCCN(C(=O)[C@H](C)Cl)C1. The number of hydrogen-bond donors (Lipinski definition) is 0. The molecule has 0 bridgehead atoms. The quantitative estimate of drug-likeness (QED) is 0.636. The fourth-order valence-corrected chi connectivity index (χ4v) is 1.72. The van der Waals surface area contributed by atoms with Crippen LogP contribution in [0.1, 0.15) is 19.8 Å². The highest BCUT2D eigenvalue weighted by Crippen LogP contribution is 2.14. The first-order valence-electron chi connectivity index (χ1n) is 4.60. The molecule has 0 aromatic heterocycles. The van der Waals surface area contributed by atoms with Gasteiger partial charge >= 0.3 is 0 Å². The second kappa shape index (κ2) is 4.82. The van der Waals surface area contributed by atoms with Gasteiger partial charge in [0.2, 0.25) is 5.91 Å². The molecule has 0 aliphatic carbocycles. The number of piperidine rings is 1. The molecule has 1 fully saturated rings. The first kappa shape index (κ1) is 10.8. The third kappa shape index (κ3) is 2.85. The van der Waals surface area contributed by atoms with E-state index < -0.39 is 5.38 Å². The number of likely N-dealkylation sites (tertiary alicyclic amines) is 1. The molecular formula is C9H16ClNO2. The van der Waals surface area contributed by atoms with Crippen LogP contribution in [0.15, 0.2) is 0 Å². The number of halogens is 1. The van der Waals surface area contributed by atoms with Gasteiger partial charge in [0.25, 0.3) is 0 Å². The second-order valence-electron chi connectivity index (χ2n) is 3.40. The number of carbonyl (C=O) groups excluding carboxylic acids is 1. The Morgan fingerprint density at radius 1 is 1.69 bits per heavy atom. The van der Waals surface area contributed by atoms with Crippen LogP contribution in [0.4, 0.5) is 0 Å². The fraction of sp³-hybridized carbons (Fsp3) is 0.889. The van der Waals surface area contributed by atoms with E-state index in [4.69, 9.17) is 16.3 Å². The predicted octanol–water partition coefficient (Wildman–Crippen LogP) is 1.25. The van der Waals surface area contributed by atoms with Gasteiger partial charge in [-0.2, -0.15) is 0 Å². The Morgan fingerprint density at radius 3 is 2.92 bits per heavy atom. The third-order valence-electron chi connectivity index (χ3n) is 2.36. The van der Waals surface area contributed by atoms with E-state index in [2.05, 4.69) is 0 Å². The van der Waals surface area contributed by atoms with Crippen molar-refractivity contribution in [1.29, 1.82) is 0 Å². The topological polar surface area (TPSA) is 29.5 Å². The van der Waals surface area contributed by atoms with E-state index in [1.165, 1.54) is 0 Å². The van der Waals surface area contributed by atoms with Gasteiger partial charge in [-0.05, 0) is 19.8 Å². The minimum Gasteiger partial charge on any atom is -0.380 e. The molecule has 0 spiro atoms. The smallest absolute Gasteiger partial charge is 0.240 e. The van der Waals surface area contributed by atoms with Crippen LogP contribution in [0.2, 0.25) is 0 Å². The van der Waals surface area contributed by atoms with Crippen molar-refractivity contribution in [3.8, 4) is 0 Å². The molecule has 2 atom stereocenters. The van der Waals surface area contributed by atoms with E-state index in [9.17, 15) is 4.79 Å². The van der Waals surface area contributed by atoms with Crippen LogP contribution in [0.25, 0.3) is 0 Å². The van der Waals surface area contributed by atoms with Crippen LogP contribution < -0.4 is 0 Å². The summed E-state index contributed by atoms with van der Waals surface area (Å²) in [5.41, 5.74) is 0. The number of hydrogen-bond acceptors (Lipinski definition) is 2. The zero-order valence-corrected chi connectivity index (χ0v) is 8.88. The highest BCUT2D eigenvalue weighted by Gasteiger charge is 2.25. The van der Waals surface area contributed by atoms with Crippen LogP contribution in [-0.2, 0) is 9.53 Å². The van der Waals surface area contributed by atoms with Gasteiger partial charge in [-0.1, -0.05) is 0 Å². The minimum absolute atomic E-state index is 0.0171. The zero-order chi connectivity index (χ0) is 9.84. The van der Waals surface area contributed by atoms with Crippen molar-refractivity contribution in [2.24, 2.45) is 0 Å². The molecule has 0 saturated carbocycles. The van der Waals surface area contributed by atoms with Gasteiger partial charge in [-0.25, -0.2) is 0 Å². The molecule has 1 heterocycles.